The van der Waals surface area contributed by atoms with Crippen LogP contribution in [0.3, 0.4) is 0 Å². The van der Waals surface area contributed by atoms with Crippen LogP contribution in [0.15, 0.2) is 30.3 Å². The number of alkyl carbamates (subject to hydrolysis) is 1. The molecule has 3 N–H and O–H groups in total. The number of carbonyl (C=O) groups excluding carboxylic acids is 2. The summed E-state index contributed by atoms with van der Waals surface area (Å²) in [6.45, 7) is 4.74. The second kappa shape index (κ2) is 16.1. The van der Waals surface area contributed by atoms with Gasteiger partial charge in [-0.3, -0.25) is 4.79 Å². The van der Waals surface area contributed by atoms with Crippen LogP contribution in [0.5, 0.6) is 0 Å². The van der Waals surface area contributed by atoms with E-state index in [4.69, 9.17) is 10.5 Å². The first-order valence-electron chi connectivity index (χ1n) is 7.91. The van der Waals surface area contributed by atoms with Gasteiger partial charge in [0.25, 0.3) is 0 Å². The molecule has 0 saturated carbocycles. The Kier molecular flexibility index (Phi) is 16.5. The molecule has 0 heterocycles. The van der Waals surface area contributed by atoms with E-state index in [9.17, 15) is 9.59 Å². The Balaban J connectivity index is 0. The van der Waals surface area contributed by atoms with Gasteiger partial charge in [0.1, 0.15) is 12.6 Å². The Hall–Kier alpha value is -1.73. The molecule has 0 saturated heterocycles. The zero-order valence-electron chi connectivity index (χ0n) is 14.7. The highest BCUT2D eigenvalue weighted by molar-refractivity contribution is 7.59. The highest BCUT2D eigenvalue weighted by Gasteiger charge is 2.12. The molecule has 1 amide bonds. The minimum atomic E-state index is -0.597. The Morgan fingerprint density at radius 2 is 1.79 bits per heavy atom. The first-order valence-corrected chi connectivity index (χ1v) is 7.91. The molecule has 1 atom stereocenters. The zero-order valence-corrected chi connectivity index (χ0v) is 15.7. The lowest BCUT2D eigenvalue weighted by atomic mass is 10.1. The molecule has 6 nitrogen and oxygen atoms in total. The Morgan fingerprint density at radius 3 is 2.38 bits per heavy atom. The molecule has 0 radical (unpaired) electrons. The number of nitrogens with two attached hydrogens (primary N) is 1. The molecular weight excluding hydrogens is 328 g/mol. The van der Waals surface area contributed by atoms with Crippen molar-refractivity contribution in [3.63, 3.8) is 0 Å². The van der Waals surface area contributed by atoms with Crippen LogP contribution < -0.4 is 11.1 Å². The summed E-state index contributed by atoms with van der Waals surface area (Å²) < 4.78 is 9.59. The van der Waals surface area contributed by atoms with E-state index in [1.165, 1.54) is 7.11 Å². The number of esters is 1. The number of hydrogen-bond donors (Lipinski definition) is 2. The van der Waals surface area contributed by atoms with Crippen molar-refractivity contribution in [2.24, 2.45) is 5.73 Å². The fourth-order valence-electron chi connectivity index (χ4n) is 1.72. The van der Waals surface area contributed by atoms with Crippen LogP contribution in [0, 0.1) is 0 Å². The van der Waals surface area contributed by atoms with Crippen molar-refractivity contribution < 1.29 is 19.1 Å². The van der Waals surface area contributed by atoms with Crippen LogP contribution in [-0.2, 0) is 20.9 Å². The highest BCUT2D eigenvalue weighted by Crippen LogP contribution is 2.02. The Morgan fingerprint density at radius 1 is 1.17 bits per heavy atom. The van der Waals surface area contributed by atoms with E-state index in [0.717, 1.165) is 18.4 Å². The third-order valence-electron chi connectivity index (χ3n) is 2.93. The summed E-state index contributed by atoms with van der Waals surface area (Å²) in [7, 11) is 1.31. The summed E-state index contributed by atoms with van der Waals surface area (Å²) in [5.74, 6) is -0.412. The first-order chi connectivity index (χ1) is 11.1. The van der Waals surface area contributed by atoms with E-state index >= 15 is 0 Å². The van der Waals surface area contributed by atoms with E-state index in [0.29, 0.717) is 13.0 Å². The number of carbonyl (C=O) groups is 2. The Labute approximate surface area is 151 Å². The summed E-state index contributed by atoms with van der Waals surface area (Å²) >= 11 is 0. The van der Waals surface area contributed by atoms with Gasteiger partial charge >= 0.3 is 12.1 Å². The SMILES string of the molecule is CC.COC(=O)C(N)CCCCNC(=O)OCc1ccccc1.S. The van der Waals surface area contributed by atoms with Crippen molar-refractivity contribution in [3.05, 3.63) is 35.9 Å². The van der Waals surface area contributed by atoms with E-state index in [2.05, 4.69) is 10.1 Å². The zero-order chi connectivity index (χ0) is 17.5. The summed E-state index contributed by atoms with van der Waals surface area (Å²) in [6, 6.07) is 8.87. The van der Waals surface area contributed by atoms with Gasteiger partial charge in [0.2, 0.25) is 0 Å². The standard InChI is InChI=1S/C15H22N2O4.C2H6.H2S/c1-20-14(18)13(16)9-5-6-10-17-15(19)21-11-12-7-3-2-4-8-12;1-2;/h2-4,7-8,13H,5-6,9-11,16H2,1H3,(H,17,19);1-2H3;1H2. The lowest BCUT2D eigenvalue weighted by Crippen LogP contribution is -2.31. The van der Waals surface area contributed by atoms with Crippen molar-refractivity contribution in [3.8, 4) is 0 Å². The summed E-state index contributed by atoms with van der Waals surface area (Å²) in [4.78, 5) is 22.5. The minimum Gasteiger partial charge on any atom is -0.468 e. The van der Waals surface area contributed by atoms with Gasteiger partial charge in [0, 0.05) is 6.54 Å². The molecule has 0 aliphatic heterocycles. The summed E-state index contributed by atoms with van der Waals surface area (Å²) in [6.07, 6.45) is 1.55. The number of nitrogens with one attached hydrogen (secondary N) is 1. The molecule has 1 aromatic rings. The molecule has 138 valence electrons. The maximum atomic E-state index is 11.4. The number of amides is 1. The van der Waals surface area contributed by atoms with Crippen LogP contribution >= 0.6 is 13.5 Å². The maximum Gasteiger partial charge on any atom is 0.407 e. The number of hydrogen-bond acceptors (Lipinski definition) is 5. The fraction of sp³-hybridized carbons (Fsp3) is 0.529. The Bertz CT molecular complexity index is 443. The predicted molar refractivity (Wildman–Crippen MR) is 100 cm³/mol. The molecule has 1 aromatic carbocycles. The molecule has 0 aromatic heterocycles. The minimum absolute atomic E-state index is 0. The molecule has 1 unspecified atom stereocenters. The van der Waals surface area contributed by atoms with Gasteiger partial charge in [0.15, 0.2) is 0 Å². The van der Waals surface area contributed by atoms with Crippen LogP contribution in [0.2, 0.25) is 0 Å². The van der Waals surface area contributed by atoms with E-state index in [-0.39, 0.29) is 20.1 Å². The van der Waals surface area contributed by atoms with Gasteiger partial charge in [-0.25, -0.2) is 4.79 Å². The molecule has 24 heavy (non-hydrogen) atoms. The van der Waals surface area contributed by atoms with E-state index in [1.807, 2.05) is 44.2 Å². The molecule has 0 bridgehead atoms. The quantitative estimate of drug-likeness (QED) is 0.551. The number of rotatable bonds is 8. The average molecular weight is 359 g/mol. The second-order valence-corrected chi connectivity index (χ2v) is 4.61. The third kappa shape index (κ3) is 11.8. The van der Waals surface area contributed by atoms with Gasteiger partial charge < -0.3 is 20.5 Å². The third-order valence-corrected chi connectivity index (χ3v) is 2.93. The monoisotopic (exact) mass is 358 g/mol. The van der Waals surface area contributed by atoms with E-state index < -0.39 is 18.1 Å². The van der Waals surface area contributed by atoms with Crippen molar-refractivity contribution >= 4 is 25.6 Å². The largest absolute Gasteiger partial charge is 0.468 e. The van der Waals surface area contributed by atoms with Crippen LogP contribution in [0.1, 0.15) is 38.7 Å². The van der Waals surface area contributed by atoms with Crippen molar-refractivity contribution in [1.82, 2.24) is 5.32 Å². The highest BCUT2D eigenvalue weighted by atomic mass is 32.1. The molecule has 1 rings (SSSR count). The van der Waals surface area contributed by atoms with Crippen LogP contribution in [-0.4, -0.2) is 31.8 Å². The fourth-order valence-corrected chi connectivity index (χ4v) is 1.72. The predicted octanol–water partition coefficient (Wildman–Crippen LogP) is 2.72. The average Bonchev–Trinajstić information content (AvgIpc) is 2.61. The molecule has 0 fully saturated rings. The lowest BCUT2D eigenvalue weighted by molar-refractivity contribution is -0.142. The normalized spacial score (nSPS) is 10.3. The molecule has 0 aliphatic carbocycles. The van der Waals surface area contributed by atoms with Gasteiger partial charge in [-0.2, -0.15) is 13.5 Å². The van der Waals surface area contributed by atoms with Gasteiger partial charge in [-0.05, 0) is 24.8 Å². The number of methoxy groups -OCH3 is 1. The van der Waals surface area contributed by atoms with Crippen molar-refractivity contribution in [2.75, 3.05) is 13.7 Å². The smallest absolute Gasteiger partial charge is 0.407 e. The second-order valence-electron chi connectivity index (χ2n) is 4.61. The topological polar surface area (TPSA) is 90.6 Å². The summed E-state index contributed by atoms with van der Waals surface area (Å²) in [5.41, 5.74) is 6.54. The molecule has 0 aliphatic rings. The molecule has 0 spiro atoms. The maximum absolute atomic E-state index is 11.4. The molecular formula is C17H30N2O4S. The number of ether oxygens (including phenoxy) is 2. The van der Waals surface area contributed by atoms with Crippen molar-refractivity contribution in [1.29, 1.82) is 0 Å². The first kappa shape index (κ1) is 24.5. The van der Waals surface area contributed by atoms with Crippen molar-refractivity contribution in [2.45, 2.75) is 45.8 Å². The van der Waals surface area contributed by atoms with Gasteiger partial charge in [-0.15, -0.1) is 0 Å². The number of benzene rings is 1. The van der Waals surface area contributed by atoms with Crippen LogP contribution in [0.4, 0.5) is 4.79 Å². The number of unbranched alkanes of at least 4 members (excludes halogenated alkanes) is 1. The van der Waals surface area contributed by atoms with Crippen LogP contribution in [0.25, 0.3) is 0 Å². The van der Waals surface area contributed by atoms with E-state index in [1.54, 1.807) is 0 Å². The molecule has 7 heteroatoms. The summed E-state index contributed by atoms with van der Waals surface area (Å²) in [5, 5.41) is 2.65. The lowest BCUT2D eigenvalue weighted by Gasteiger charge is -2.09. The van der Waals surface area contributed by atoms with Gasteiger partial charge in [-0.1, -0.05) is 44.2 Å². The van der Waals surface area contributed by atoms with Gasteiger partial charge in [0.05, 0.1) is 7.11 Å².